The highest BCUT2D eigenvalue weighted by atomic mass is 16.5. The van der Waals surface area contributed by atoms with Crippen molar-refractivity contribution in [3.8, 4) is 5.75 Å². The van der Waals surface area contributed by atoms with Gasteiger partial charge in [-0.05, 0) is 25.5 Å². The molecule has 1 aromatic carbocycles. The standard InChI is InChI=1S/C17H29NO/c1-4-6-7-8-9-13-19-17-15(3)11-10-12-16(17)14-18-5-2/h10-12,18H,4-9,13-14H2,1-3H3. The van der Waals surface area contributed by atoms with E-state index >= 15 is 0 Å². The third kappa shape index (κ3) is 6.11. The van der Waals surface area contributed by atoms with Crippen LogP contribution in [0.5, 0.6) is 5.75 Å². The SMILES string of the molecule is CCCCCCCOc1c(C)cccc1CNCC. The zero-order chi connectivity index (χ0) is 13.9. The minimum absolute atomic E-state index is 0.841. The molecule has 0 aliphatic heterocycles. The molecule has 0 aromatic heterocycles. The number of hydrogen-bond donors (Lipinski definition) is 1. The van der Waals surface area contributed by atoms with Crippen LogP contribution in [0.4, 0.5) is 0 Å². The molecule has 1 rings (SSSR count). The van der Waals surface area contributed by atoms with Gasteiger partial charge in [0.2, 0.25) is 0 Å². The number of unbranched alkanes of at least 4 members (excludes halogenated alkanes) is 4. The van der Waals surface area contributed by atoms with Crippen LogP contribution in [0, 0.1) is 6.92 Å². The molecule has 0 unspecified atom stereocenters. The molecule has 0 amide bonds. The van der Waals surface area contributed by atoms with Gasteiger partial charge in [0.1, 0.15) is 5.75 Å². The van der Waals surface area contributed by atoms with Crippen molar-refractivity contribution >= 4 is 0 Å². The lowest BCUT2D eigenvalue weighted by Gasteiger charge is -2.14. The van der Waals surface area contributed by atoms with Gasteiger partial charge < -0.3 is 10.1 Å². The van der Waals surface area contributed by atoms with Gasteiger partial charge in [0.25, 0.3) is 0 Å². The molecule has 0 radical (unpaired) electrons. The average molecular weight is 263 g/mol. The molecule has 1 N–H and O–H groups in total. The summed E-state index contributed by atoms with van der Waals surface area (Å²) in [6.07, 6.45) is 6.41. The monoisotopic (exact) mass is 263 g/mol. The lowest BCUT2D eigenvalue weighted by atomic mass is 10.1. The Bertz CT molecular complexity index is 349. The number of hydrogen-bond acceptors (Lipinski definition) is 2. The Labute approximate surface area is 118 Å². The largest absolute Gasteiger partial charge is 0.493 e. The number of nitrogens with one attached hydrogen (secondary N) is 1. The van der Waals surface area contributed by atoms with Gasteiger partial charge in [-0.15, -0.1) is 0 Å². The maximum atomic E-state index is 6.01. The molecule has 0 atom stereocenters. The van der Waals surface area contributed by atoms with E-state index in [0.717, 1.165) is 31.9 Å². The Hall–Kier alpha value is -1.02. The lowest BCUT2D eigenvalue weighted by molar-refractivity contribution is 0.299. The van der Waals surface area contributed by atoms with Crippen molar-refractivity contribution in [2.45, 2.75) is 59.4 Å². The fraction of sp³-hybridized carbons (Fsp3) is 0.647. The molecule has 1 aromatic rings. The maximum Gasteiger partial charge on any atom is 0.126 e. The Morgan fingerprint density at radius 1 is 1.05 bits per heavy atom. The summed E-state index contributed by atoms with van der Waals surface area (Å²) in [6.45, 7) is 9.23. The smallest absolute Gasteiger partial charge is 0.126 e. The molecule has 2 heteroatoms. The summed E-state index contributed by atoms with van der Waals surface area (Å²) in [5, 5.41) is 3.37. The summed E-state index contributed by atoms with van der Waals surface area (Å²) in [4.78, 5) is 0. The van der Waals surface area contributed by atoms with Crippen molar-refractivity contribution in [1.29, 1.82) is 0 Å². The van der Waals surface area contributed by atoms with E-state index in [9.17, 15) is 0 Å². The van der Waals surface area contributed by atoms with Gasteiger partial charge in [0.05, 0.1) is 6.61 Å². The number of rotatable bonds is 10. The molecule has 0 saturated carbocycles. The fourth-order valence-electron chi connectivity index (χ4n) is 2.20. The second kappa shape index (κ2) is 9.85. The Morgan fingerprint density at radius 3 is 2.58 bits per heavy atom. The highest BCUT2D eigenvalue weighted by Gasteiger charge is 2.06. The summed E-state index contributed by atoms with van der Waals surface area (Å²) in [7, 11) is 0. The van der Waals surface area contributed by atoms with Gasteiger partial charge in [-0.3, -0.25) is 0 Å². The summed E-state index contributed by atoms with van der Waals surface area (Å²) >= 11 is 0. The molecule has 2 nitrogen and oxygen atoms in total. The Kier molecular flexibility index (Phi) is 8.31. The summed E-state index contributed by atoms with van der Waals surface area (Å²) in [6, 6.07) is 6.39. The van der Waals surface area contributed by atoms with E-state index < -0.39 is 0 Å². The van der Waals surface area contributed by atoms with E-state index in [1.807, 2.05) is 0 Å². The average Bonchev–Trinajstić information content (AvgIpc) is 2.42. The molecule has 19 heavy (non-hydrogen) atoms. The molecule has 0 spiro atoms. The molecule has 0 saturated heterocycles. The van der Waals surface area contributed by atoms with Gasteiger partial charge in [-0.1, -0.05) is 57.7 Å². The second-order valence-corrected chi connectivity index (χ2v) is 5.11. The minimum Gasteiger partial charge on any atom is -0.493 e. The van der Waals surface area contributed by atoms with Crippen LogP contribution in [0.25, 0.3) is 0 Å². The number of aryl methyl sites for hydroxylation is 1. The predicted molar refractivity (Wildman–Crippen MR) is 82.8 cm³/mol. The van der Waals surface area contributed by atoms with Crippen molar-refractivity contribution in [3.63, 3.8) is 0 Å². The van der Waals surface area contributed by atoms with Crippen LogP contribution in [0.2, 0.25) is 0 Å². The maximum absolute atomic E-state index is 6.01. The summed E-state index contributed by atoms with van der Waals surface area (Å²) in [5.74, 6) is 1.08. The van der Waals surface area contributed by atoms with E-state index in [0.29, 0.717) is 0 Å². The second-order valence-electron chi connectivity index (χ2n) is 5.11. The van der Waals surface area contributed by atoms with Crippen molar-refractivity contribution in [2.24, 2.45) is 0 Å². The van der Waals surface area contributed by atoms with Crippen LogP contribution in [-0.4, -0.2) is 13.2 Å². The quantitative estimate of drug-likeness (QED) is 0.630. The van der Waals surface area contributed by atoms with E-state index in [4.69, 9.17) is 4.74 Å². The zero-order valence-corrected chi connectivity index (χ0v) is 12.8. The topological polar surface area (TPSA) is 21.3 Å². The molecule has 0 bridgehead atoms. The van der Waals surface area contributed by atoms with Gasteiger partial charge in [-0.2, -0.15) is 0 Å². The van der Waals surface area contributed by atoms with Crippen molar-refractivity contribution in [3.05, 3.63) is 29.3 Å². The predicted octanol–water partition coefficient (Wildman–Crippen LogP) is 4.45. The normalized spacial score (nSPS) is 10.7. The minimum atomic E-state index is 0.841. The van der Waals surface area contributed by atoms with Gasteiger partial charge in [0, 0.05) is 12.1 Å². The van der Waals surface area contributed by atoms with E-state index in [2.05, 4.69) is 44.3 Å². The molecule has 108 valence electrons. The van der Waals surface area contributed by atoms with Gasteiger partial charge >= 0.3 is 0 Å². The third-order valence-electron chi connectivity index (χ3n) is 3.35. The van der Waals surface area contributed by atoms with Crippen LogP contribution in [0.15, 0.2) is 18.2 Å². The van der Waals surface area contributed by atoms with Crippen LogP contribution in [0.3, 0.4) is 0 Å². The molecule has 0 fully saturated rings. The highest BCUT2D eigenvalue weighted by Crippen LogP contribution is 2.23. The Morgan fingerprint density at radius 2 is 1.84 bits per heavy atom. The third-order valence-corrected chi connectivity index (χ3v) is 3.35. The summed E-state index contributed by atoms with van der Waals surface area (Å²) < 4.78 is 6.01. The zero-order valence-electron chi connectivity index (χ0n) is 12.8. The summed E-state index contributed by atoms with van der Waals surface area (Å²) in [5.41, 5.74) is 2.51. The van der Waals surface area contributed by atoms with Crippen molar-refractivity contribution in [1.82, 2.24) is 5.32 Å². The lowest BCUT2D eigenvalue weighted by Crippen LogP contribution is -2.13. The highest BCUT2D eigenvalue weighted by molar-refractivity contribution is 5.40. The van der Waals surface area contributed by atoms with Gasteiger partial charge in [-0.25, -0.2) is 0 Å². The van der Waals surface area contributed by atoms with E-state index in [1.165, 1.54) is 36.8 Å². The van der Waals surface area contributed by atoms with Crippen molar-refractivity contribution in [2.75, 3.05) is 13.2 Å². The van der Waals surface area contributed by atoms with E-state index in [-0.39, 0.29) is 0 Å². The Balaban J connectivity index is 2.42. The molecule has 0 heterocycles. The van der Waals surface area contributed by atoms with Crippen LogP contribution in [0.1, 0.15) is 57.1 Å². The first-order valence-electron chi connectivity index (χ1n) is 7.71. The first-order valence-corrected chi connectivity index (χ1v) is 7.71. The molecule has 0 aliphatic rings. The molecular weight excluding hydrogens is 234 g/mol. The fourth-order valence-corrected chi connectivity index (χ4v) is 2.20. The number of benzene rings is 1. The number of ether oxygens (including phenoxy) is 1. The van der Waals surface area contributed by atoms with E-state index in [1.54, 1.807) is 0 Å². The first-order chi connectivity index (χ1) is 9.29. The number of para-hydroxylation sites is 1. The van der Waals surface area contributed by atoms with Crippen molar-refractivity contribution < 1.29 is 4.74 Å². The molecular formula is C17H29NO. The van der Waals surface area contributed by atoms with Gasteiger partial charge in [0.15, 0.2) is 0 Å². The van der Waals surface area contributed by atoms with Crippen LogP contribution < -0.4 is 10.1 Å². The van der Waals surface area contributed by atoms with Crippen LogP contribution in [-0.2, 0) is 6.54 Å². The first kappa shape index (κ1) is 16.0. The molecule has 0 aliphatic carbocycles. The van der Waals surface area contributed by atoms with Crippen LogP contribution >= 0.6 is 0 Å².